The average Bonchev–Trinajstić information content (AvgIpc) is 3.42. The third-order valence-electron chi connectivity index (χ3n) is 8.51. The van der Waals surface area contributed by atoms with Gasteiger partial charge in [-0.15, -0.1) is 0 Å². The molecule has 1 saturated carbocycles. The molecule has 0 bridgehead atoms. The van der Waals surface area contributed by atoms with Gasteiger partial charge in [-0.25, -0.2) is 19.1 Å². The molecular weight excluding hydrogens is 522 g/mol. The van der Waals surface area contributed by atoms with Gasteiger partial charge in [-0.3, -0.25) is 9.94 Å². The van der Waals surface area contributed by atoms with Gasteiger partial charge in [-0.2, -0.15) is 5.06 Å². The van der Waals surface area contributed by atoms with Crippen molar-refractivity contribution in [1.29, 1.82) is 0 Å². The maximum Gasteiger partial charge on any atom is 0.331 e. The van der Waals surface area contributed by atoms with E-state index in [4.69, 9.17) is 30.6 Å². The second kappa shape index (κ2) is 11.6. The van der Waals surface area contributed by atoms with E-state index in [1.54, 1.807) is 9.58 Å². The number of aromatic nitrogens is 3. The molecule has 1 saturated heterocycles. The normalized spacial score (nSPS) is 24.8. The van der Waals surface area contributed by atoms with Crippen LogP contribution in [0.25, 0.3) is 10.5 Å². The molecule has 3 heterocycles. The molecule has 0 aromatic carbocycles. The number of hydroxylamine groups is 2. The lowest BCUT2D eigenvalue weighted by Gasteiger charge is -2.50. The van der Waals surface area contributed by atoms with Crippen LogP contribution in [0.15, 0.2) is 0 Å². The molecule has 2 aromatic heterocycles. The Hall–Kier alpha value is -2.61. The number of hydrogen-bond acceptors (Lipinski definition) is 7. The Morgan fingerprint density at radius 1 is 1.05 bits per heavy atom. The Morgan fingerprint density at radius 3 is 2.15 bits per heavy atom. The lowest BCUT2D eigenvalue weighted by Crippen LogP contribution is -2.49. The Balaban J connectivity index is 1.73. The standard InChI is InChI=1S/C31H49N5O5/c1-19-16-20(29(2,3)4)24(21(17-19)30(5,6)7)41-27(37)22-23(32-11)26(39-18-40-35-12-14-38-15-13-35)36-25(22)33-28(34-36)31(8,9)10/h19-21,24H,12-18H2,1-10H3,(H,33,34). The molecule has 41 heavy (non-hydrogen) atoms. The quantitative estimate of drug-likeness (QED) is 0.244. The van der Waals surface area contributed by atoms with Crippen molar-refractivity contribution in [3.63, 3.8) is 0 Å². The number of esters is 1. The number of carbonyl (C=O) groups excluding carboxylic acids is 1. The second-order valence-corrected chi connectivity index (χ2v) is 14.9. The monoisotopic (exact) mass is 571 g/mol. The first kappa shape index (κ1) is 31.3. The molecule has 2 aliphatic rings. The van der Waals surface area contributed by atoms with Crippen LogP contribution in [-0.2, 0) is 19.7 Å². The lowest BCUT2D eigenvalue weighted by atomic mass is 9.59. The van der Waals surface area contributed by atoms with Crippen LogP contribution >= 0.6 is 0 Å². The van der Waals surface area contributed by atoms with Crippen molar-refractivity contribution in [2.75, 3.05) is 33.1 Å². The predicted molar refractivity (Wildman–Crippen MR) is 157 cm³/mol. The van der Waals surface area contributed by atoms with E-state index in [0.29, 0.717) is 43.7 Å². The van der Waals surface area contributed by atoms with Gasteiger partial charge in [0.05, 0.1) is 19.8 Å². The van der Waals surface area contributed by atoms with Crippen LogP contribution in [-0.4, -0.2) is 64.8 Å². The van der Waals surface area contributed by atoms with E-state index in [1.807, 2.05) is 20.8 Å². The molecule has 0 spiro atoms. The number of carbonyl (C=O) groups is 1. The molecule has 2 fully saturated rings. The van der Waals surface area contributed by atoms with Crippen molar-refractivity contribution >= 4 is 17.3 Å². The predicted octanol–water partition coefficient (Wildman–Crippen LogP) is 6.39. The molecule has 2 aromatic rings. The molecule has 1 aliphatic heterocycles. The van der Waals surface area contributed by atoms with Crippen molar-refractivity contribution in [3.05, 3.63) is 22.8 Å². The number of aromatic amines is 1. The summed E-state index contributed by atoms with van der Waals surface area (Å²) in [5.74, 6) is 1.21. The van der Waals surface area contributed by atoms with Crippen molar-refractivity contribution < 1.29 is 23.8 Å². The number of fused-ring (bicyclic) bond motifs is 1. The number of H-pyrrole nitrogens is 1. The fourth-order valence-electron chi connectivity index (χ4n) is 6.12. The fraction of sp³-hybridized carbons (Fsp3) is 0.774. The van der Waals surface area contributed by atoms with E-state index in [2.05, 4.69) is 58.4 Å². The topological polar surface area (TPSA) is 94.7 Å². The SMILES string of the molecule is [C-]#[N+]c1c(C(=O)OC2C(C(C)(C)C)CC(C)CC2C(C)(C)C)c2nc(C(C)(C)C)[nH]n2c1OCON1CCOCC1. The Morgan fingerprint density at radius 2 is 1.63 bits per heavy atom. The van der Waals surface area contributed by atoms with Crippen LogP contribution in [0.5, 0.6) is 5.88 Å². The Bertz CT molecular complexity index is 1240. The molecule has 2 atom stereocenters. The van der Waals surface area contributed by atoms with Crippen LogP contribution in [0, 0.1) is 35.2 Å². The summed E-state index contributed by atoms with van der Waals surface area (Å²) in [7, 11) is 0. The number of rotatable bonds is 6. The van der Waals surface area contributed by atoms with E-state index in [1.165, 1.54) is 0 Å². The van der Waals surface area contributed by atoms with E-state index in [-0.39, 0.29) is 58.1 Å². The van der Waals surface area contributed by atoms with Crippen LogP contribution in [0.1, 0.15) is 98.3 Å². The molecule has 2 unspecified atom stereocenters. The van der Waals surface area contributed by atoms with Crippen LogP contribution in [0.3, 0.4) is 0 Å². The van der Waals surface area contributed by atoms with E-state index in [0.717, 1.165) is 12.8 Å². The highest BCUT2D eigenvalue weighted by Gasteiger charge is 2.48. The van der Waals surface area contributed by atoms with Crippen LogP contribution < -0.4 is 4.74 Å². The van der Waals surface area contributed by atoms with E-state index < -0.39 is 5.97 Å². The summed E-state index contributed by atoms with van der Waals surface area (Å²) in [6, 6.07) is 0. The summed E-state index contributed by atoms with van der Waals surface area (Å²) < 4.78 is 19.5. The minimum Gasteiger partial charge on any atom is -0.459 e. The molecular formula is C31H49N5O5. The van der Waals surface area contributed by atoms with Crippen molar-refractivity contribution in [3.8, 4) is 5.88 Å². The third-order valence-corrected chi connectivity index (χ3v) is 8.51. The van der Waals surface area contributed by atoms with E-state index in [9.17, 15) is 4.79 Å². The Labute approximate surface area is 244 Å². The van der Waals surface area contributed by atoms with Crippen molar-refractivity contribution in [2.24, 2.45) is 28.6 Å². The van der Waals surface area contributed by atoms with Crippen molar-refractivity contribution in [1.82, 2.24) is 19.7 Å². The maximum absolute atomic E-state index is 14.2. The molecule has 1 N–H and O–H groups in total. The minimum atomic E-state index is -0.535. The van der Waals surface area contributed by atoms with Crippen LogP contribution in [0.2, 0.25) is 0 Å². The molecule has 10 nitrogen and oxygen atoms in total. The Kier molecular flexibility index (Phi) is 8.85. The number of hydrogen-bond donors (Lipinski definition) is 1. The largest absolute Gasteiger partial charge is 0.459 e. The summed E-state index contributed by atoms with van der Waals surface area (Å²) in [5.41, 5.74) is 0.0951. The van der Waals surface area contributed by atoms with Gasteiger partial charge in [0, 0.05) is 30.3 Å². The summed E-state index contributed by atoms with van der Waals surface area (Å²) in [6.45, 7) is 32.1. The molecule has 0 amide bonds. The second-order valence-electron chi connectivity index (χ2n) is 14.9. The zero-order valence-corrected chi connectivity index (χ0v) is 26.6. The van der Waals surface area contributed by atoms with E-state index >= 15 is 0 Å². The molecule has 228 valence electrons. The maximum atomic E-state index is 14.2. The molecule has 10 heteroatoms. The number of nitrogens with zero attached hydrogens (tertiary/aromatic N) is 4. The van der Waals surface area contributed by atoms with Gasteiger partial charge in [-0.1, -0.05) is 69.2 Å². The first-order valence-corrected chi connectivity index (χ1v) is 14.8. The third kappa shape index (κ3) is 6.73. The van der Waals surface area contributed by atoms with Gasteiger partial charge >= 0.3 is 5.97 Å². The first-order chi connectivity index (χ1) is 19.0. The first-order valence-electron chi connectivity index (χ1n) is 14.8. The van der Waals surface area contributed by atoms with Gasteiger partial charge in [0.25, 0.3) is 5.69 Å². The van der Waals surface area contributed by atoms with Gasteiger partial charge in [0.1, 0.15) is 17.5 Å². The fourth-order valence-corrected chi connectivity index (χ4v) is 6.12. The highest BCUT2D eigenvalue weighted by atomic mass is 16.8. The molecule has 4 rings (SSSR count). The zero-order valence-electron chi connectivity index (χ0n) is 26.6. The summed E-state index contributed by atoms with van der Waals surface area (Å²) in [4.78, 5) is 28.5. The van der Waals surface area contributed by atoms with Gasteiger partial charge in [-0.05, 0) is 29.6 Å². The summed E-state index contributed by atoms with van der Waals surface area (Å²) in [6.07, 6.45) is 1.68. The average molecular weight is 572 g/mol. The van der Waals surface area contributed by atoms with Crippen LogP contribution in [0.4, 0.5) is 5.69 Å². The summed E-state index contributed by atoms with van der Waals surface area (Å²) in [5, 5.41) is 5.03. The minimum absolute atomic E-state index is 0.0569. The van der Waals surface area contributed by atoms with Crippen molar-refractivity contribution in [2.45, 2.75) is 93.6 Å². The van der Waals surface area contributed by atoms with Gasteiger partial charge in [0.2, 0.25) is 12.7 Å². The smallest absolute Gasteiger partial charge is 0.331 e. The number of ether oxygens (including phenoxy) is 3. The highest BCUT2D eigenvalue weighted by Crippen LogP contribution is 2.50. The van der Waals surface area contributed by atoms with Gasteiger partial charge < -0.3 is 14.2 Å². The number of nitrogens with one attached hydrogen (secondary N) is 1. The van der Waals surface area contributed by atoms with Gasteiger partial charge in [0.15, 0.2) is 5.65 Å². The molecule has 1 aliphatic carbocycles. The number of morpholine rings is 1. The lowest BCUT2D eigenvalue weighted by molar-refractivity contribution is -0.227. The highest BCUT2D eigenvalue weighted by molar-refractivity contribution is 6.04. The summed E-state index contributed by atoms with van der Waals surface area (Å²) >= 11 is 0. The molecule has 0 radical (unpaired) electrons. The zero-order chi connectivity index (χ0) is 30.3.